The Labute approximate surface area is 113 Å². The highest BCUT2D eigenvalue weighted by atomic mass is 16.5. The van der Waals surface area contributed by atoms with Crippen molar-refractivity contribution in [3.05, 3.63) is 29.8 Å². The molecule has 0 radical (unpaired) electrons. The van der Waals surface area contributed by atoms with Gasteiger partial charge < -0.3 is 19.3 Å². The summed E-state index contributed by atoms with van der Waals surface area (Å²) >= 11 is 0. The van der Waals surface area contributed by atoms with E-state index in [0.29, 0.717) is 26.2 Å². The van der Waals surface area contributed by atoms with Crippen molar-refractivity contribution < 1.29 is 24.1 Å². The monoisotopic (exact) mass is 268 g/mol. The molecule has 0 aromatic heterocycles. The van der Waals surface area contributed by atoms with Crippen LogP contribution in [0.2, 0.25) is 0 Å². The van der Waals surface area contributed by atoms with E-state index in [1.807, 2.05) is 24.3 Å². The average Bonchev–Trinajstić information content (AvgIpc) is 2.42. The van der Waals surface area contributed by atoms with Gasteiger partial charge in [0, 0.05) is 13.0 Å². The van der Waals surface area contributed by atoms with Crippen molar-refractivity contribution in [2.45, 2.75) is 26.1 Å². The summed E-state index contributed by atoms with van der Waals surface area (Å²) in [5, 5.41) is 8.88. The molecule has 0 aliphatic carbocycles. The Morgan fingerprint density at radius 2 is 2.00 bits per heavy atom. The predicted octanol–water partition coefficient (Wildman–Crippen LogP) is 2.09. The number of ether oxygens (including phenoxy) is 3. The molecule has 1 N–H and O–H groups in total. The summed E-state index contributed by atoms with van der Waals surface area (Å²) in [6.45, 7) is 2.95. The van der Waals surface area contributed by atoms with Gasteiger partial charge in [0.05, 0.1) is 20.3 Å². The lowest BCUT2D eigenvalue weighted by molar-refractivity contribution is -0.151. The number of hydrogen-bond donors (Lipinski definition) is 1. The third kappa shape index (κ3) is 5.72. The normalized spacial score (nSPS) is 12.1. The minimum Gasteiger partial charge on any atom is -0.497 e. The lowest BCUT2D eigenvalue weighted by Gasteiger charge is -2.12. The molecule has 0 aliphatic heterocycles. The third-order valence-corrected chi connectivity index (χ3v) is 2.60. The molecule has 0 heterocycles. The number of methoxy groups -OCH3 is 1. The van der Waals surface area contributed by atoms with Gasteiger partial charge in [0.1, 0.15) is 5.75 Å². The summed E-state index contributed by atoms with van der Waals surface area (Å²) in [5.41, 5.74) is 1.02. The van der Waals surface area contributed by atoms with Crippen LogP contribution in [-0.2, 0) is 20.9 Å². The summed E-state index contributed by atoms with van der Waals surface area (Å²) < 4.78 is 15.6. The first-order valence-corrected chi connectivity index (χ1v) is 6.22. The summed E-state index contributed by atoms with van der Waals surface area (Å²) in [7, 11) is 1.62. The van der Waals surface area contributed by atoms with E-state index in [-0.39, 0.29) is 0 Å². The van der Waals surface area contributed by atoms with Crippen LogP contribution in [0.4, 0.5) is 0 Å². The van der Waals surface area contributed by atoms with Crippen LogP contribution in [0, 0.1) is 0 Å². The van der Waals surface area contributed by atoms with Gasteiger partial charge in [-0.05, 0) is 24.6 Å². The average molecular weight is 268 g/mol. The summed E-state index contributed by atoms with van der Waals surface area (Å²) in [6.07, 6.45) is -0.444. The van der Waals surface area contributed by atoms with E-state index < -0.39 is 12.1 Å². The van der Waals surface area contributed by atoms with Crippen molar-refractivity contribution in [3.63, 3.8) is 0 Å². The third-order valence-electron chi connectivity index (χ3n) is 2.60. The van der Waals surface area contributed by atoms with Crippen molar-refractivity contribution in [2.24, 2.45) is 0 Å². The number of benzene rings is 1. The Morgan fingerprint density at radius 1 is 1.32 bits per heavy atom. The van der Waals surface area contributed by atoms with Crippen LogP contribution in [0.1, 0.15) is 18.9 Å². The molecular formula is C14H20O5. The minimum atomic E-state index is -0.949. The summed E-state index contributed by atoms with van der Waals surface area (Å²) in [4.78, 5) is 10.8. The smallest absolute Gasteiger partial charge is 0.332 e. The van der Waals surface area contributed by atoms with E-state index in [1.54, 1.807) is 14.0 Å². The van der Waals surface area contributed by atoms with Gasteiger partial charge in [-0.25, -0.2) is 4.79 Å². The molecule has 0 fully saturated rings. The Morgan fingerprint density at radius 3 is 2.53 bits per heavy atom. The quantitative estimate of drug-likeness (QED) is 0.695. The first-order valence-electron chi connectivity index (χ1n) is 6.22. The van der Waals surface area contributed by atoms with Crippen LogP contribution in [0.3, 0.4) is 0 Å². The molecule has 0 amide bonds. The standard InChI is InChI=1S/C14H20O5/c1-3-19-13(14(15)16)8-9-18-10-11-4-6-12(17-2)7-5-11/h4-7,13H,3,8-10H2,1-2H3,(H,15,16). The Hall–Kier alpha value is -1.59. The number of aliphatic carboxylic acids is 1. The number of rotatable bonds is 9. The first kappa shape index (κ1) is 15.5. The van der Waals surface area contributed by atoms with Crippen molar-refractivity contribution in [2.75, 3.05) is 20.3 Å². The van der Waals surface area contributed by atoms with Crippen molar-refractivity contribution >= 4 is 5.97 Å². The SMILES string of the molecule is CCOC(CCOCc1ccc(OC)cc1)C(=O)O. The number of hydrogen-bond acceptors (Lipinski definition) is 4. The van der Waals surface area contributed by atoms with Gasteiger partial charge in [-0.3, -0.25) is 0 Å². The topological polar surface area (TPSA) is 65.0 Å². The fourth-order valence-electron chi connectivity index (χ4n) is 1.58. The van der Waals surface area contributed by atoms with Crippen LogP contribution in [0.5, 0.6) is 5.75 Å². The maximum absolute atomic E-state index is 10.8. The van der Waals surface area contributed by atoms with Gasteiger partial charge in [0.2, 0.25) is 0 Å². The van der Waals surface area contributed by atoms with Crippen molar-refractivity contribution in [3.8, 4) is 5.75 Å². The van der Waals surface area contributed by atoms with Gasteiger partial charge in [0.25, 0.3) is 0 Å². The zero-order chi connectivity index (χ0) is 14.1. The predicted molar refractivity (Wildman–Crippen MR) is 70.3 cm³/mol. The highest BCUT2D eigenvalue weighted by Crippen LogP contribution is 2.12. The second-order valence-corrected chi connectivity index (χ2v) is 3.97. The minimum absolute atomic E-state index is 0.347. The molecule has 0 saturated carbocycles. The van der Waals surface area contributed by atoms with E-state index in [2.05, 4.69) is 0 Å². The lowest BCUT2D eigenvalue weighted by Crippen LogP contribution is -2.25. The molecule has 0 aliphatic rings. The molecule has 1 rings (SSSR count). The van der Waals surface area contributed by atoms with Crippen LogP contribution < -0.4 is 4.74 Å². The zero-order valence-electron chi connectivity index (χ0n) is 11.3. The second-order valence-electron chi connectivity index (χ2n) is 3.97. The Balaban J connectivity index is 2.27. The van der Waals surface area contributed by atoms with Gasteiger partial charge in [-0.2, -0.15) is 0 Å². The van der Waals surface area contributed by atoms with Crippen LogP contribution in [0.15, 0.2) is 24.3 Å². The van der Waals surface area contributed by atoms with Crippen molar-refractivity contribution in [1.82, 2.24) is 0 Å². The van der Waals surface area contributed by atoms with Gasteiger partial charge in [0.15, 0.2) is 6.10 Å². The molecule has 1 atom stereocenters. The maximum Gasteiger partial charge on any atom is 0.332 e. The zero-order valence-corrected chi connectivity index (χ0v) is 11.3. The first-order chi connectivity index (χ1) is 9.17. The molecular weight excluding hydrogens is 248 g/mol. The van der Waals surface area contributed by atoms with E-state index in [1.165, 1.54) is 0 Å². The van der Waals surface area contributed by atoms with Crippen molar-refractivity contribution in [1.29, 1.82) is 0 Å². The molecule has 0 saturated heterocycles. The molecule has 19 heavy (non-hydrogen) atoms. The molecule has 5 heteroatoms. The molecule has 0 bridgehead atoms. The molecule has 106 valence electrons. The molecule has 1 aromatic carbocycles. The van der Waals surface area contributed by atoms with E-state index in [4.69, 9.17) is 19.3 Å². The van der Waals surface area contributed by atoms with Gasteiger partial charge in [-0.15, -0.1) is 0 Å². The molecule has 5 nitrogen and oxygen atoms in total. The number of carbonyl (C=O) groups is 1. The fourth-order valence-corrected chi connectivity index (χ4v) is 1.58. The Bertz CT molecular complexity index is 374. The van der Waals surface area contributed by atoms with E-state index in [9.17, 15) is 4.79 Å². The van der Waals surface area contributed by atoms with Crippen LogP contribution >= 0.6 is 0 Å². The lowest BCUT2D eigenvalue weighted by atomic mass is 10.2. The van der Waals surface area contributed by atoms with Gasteiger partial charge >= 0.3 is 5.97 Å². The van der Waals surface area contributed by atoms with E-state index in [0.717, 1.165) is 11.3 Å². The molecule has 1 unspecified atom stereocenters. The van der Waals surface area contributed by atoms with E-state index >= 15 is 0 Å². The Kier molecular flexibility index (Phi) is 6.92. The fraction of sp³-hybridized carbons (Fsp3) is 0.500. The van der Waals surface area contributed by atoms with Gasteiger partial charge in [-0.1, -0.05) is 12.1 Å². The second kappa shape index (κ2) is 8.50. The summed E-state index contributed by atoms with van der Waals surface area (Å²) in [6, 6.07) is 7.55. The molecule has 1 aromatic rings. The number of carboxylic acid groups (broad SMARTS) is 1. The van der Waals surface area contributed by atoms with Crippen LogP contribution in [0.25, 0.3) is 0 Å². The molecule has 0 spiro atoms. The van der Waals surface area contributed by atoms with Crippen LogP contribution in [-0.4, -0.2) is 37.5 Å². The summed E-state index contributed by atoms with van der Waals surface area (Å²) in [5.74, 6) is -0.152. The number of carboxylic acids is 1. The largest absolute Gasteiger partial charge is 0.497 e. The maximum atomic E-state index is 10.8. The highest BCUT2D eigenvalue weighted by Gasteiger charge is 2.16. The highest BCUT2D eigenvalue weighted by molar-refractivity contribution is 5.72.